The van der Waals surface area contributed by atoms with Crippen LogP contribution < -0.4 is 4.72 Å². The summed E-state index contributed by atoms with van der Waals surface area (Å²) in [6, 6.07) is 4.89. The van der Waals surface area contributed by atoms with Crippen LogP contribution in [-0.2, 0) is 10.0 Å². The maximum absolute atomic E-state index is 12.8. The fourth-order valence-corrected chi connectivity index (χ4v) is 4.20. The predicted molar refractivity (Wildman–Crippen MR) is 88.8 cm³/mol. The van der Waals surface area contributed by atoms with E-state index in [0.29, 0.717) is 11.5 Å². The molecular formula is C17H24N2O3S. The molecule has 1 aliphatic carbocycles. The Hall–Kier alpha value is -1.40. The number of likely N-dealkylation sites (tertiary alicyclic amines) is 1. The van der Waals surface area contributed by atoms with Crippen LogP contribution in [0.5, 0.6) is 0 Å². The molecule has 5 nitrogen and oxygen atoms in total. The van der Waals surface area contributed by atoms with Gasteiger partial charge in [0.15, 0.2) is 0 Å². The number of carbonyl (C=O) groups excluding carboxylic acids is 1. The third-order valence-corrected chi connectivity index (χ3v) is 6.24. The zero-order valence-corrected chi connectivity index (χ0v) is 14.5. The quantitative estimate of drug-likeness (QED) is 0.917. The smallest absolute Gasteiger partial charge is 0.254 e. The molecule has 3 rings (SSSR count). The van der Waals surface area contributed by atoms with Gasteiger partial charge >= 0.3 is 0 Å². The molecule has 1 saturated heterocycles. The molecule has 0 unspecified atom stereocenters. The van der Waals surface area contributed by atoms with E-state index >= 15 is 0 Å². The summed E-state index contributed by atoms with van der Waals surface area (Å²) < 4.78 is 27.4. The maximum Gasteiger partial charge on any atom is 0.254 e. The maximum atomic E-state index is 12.8. The number of nitrogens with one attached hydrogen (secondary N) is 1. The van der Waals surface area contributed by atoms with Gasteiger partial charge in [-0.25, -0.2) is 13.1 Å². The van der Waals surface area contributed by atoms with Crippen molar-refractivity contribution in [3.63, 3.8) is 0 Å². The number of nitrogens with zero attached hydrogens (tertiary/aromatic N) is 1. The minimum absolute atomic E-state index is 0.0575. The van der Waals surface area contributed by atoms with E-state index in [2.05, 4.69) is 11.6 Å². The molecule has 1 aliphatic heterocycles. The normalized spacial score (nSPS) is 19.8. The lowest BCUT2D eigenvalue weighted by molar-refractivity contribution is 0.0696. The predicted octanol–water partition coefficient (Wildman–Crippen LogP) is 2.31. The van der Waals surface area contributed by atoms with Gasteiger partial charge in [0.1, 0.15) is 0 Å². The highest BCUT2D eigenvalue weighted by atomic mass is 32.2. The van der Waals surface area contributed by atoms with E-state index in [1.54, 1.807) is 12.1 Å². The van der Waals surface area contributed by atoms with Crippen molar-refractivity contribution < 1.29 is 13.2 Å². The Labute approximate surface area is 138 Å². The van der Waals surface area contributed by atoms with Gasteiger partial charge in [0.25, 0.3) is 5.91 Å². The lowest BCUT2D eigenvalue weighted by atomic mass is 9.98. The summed E-state index contributed by atoms with van der Waals surface area (Å²) in [5.74, 6) is 0.590. The molecular weight excluding hydrogens is 312 g/mol. The van der Waals surface area contributed by atoms with E-state index in [0.717, 1.165) is 44.3 Å². The molecule has 0 aromatic heterocycles. The largest absolute Gasteiger partial charge is 0.339 e. The number of rotatable bonds is 4. The van der Waals surface area contributed by atoms with Crippen molar-refractivity contribution in [1.82, 2.24) is 9.62 Å². The van der Waals surface area contributed by atoms with E-state index in [4.69, 9.17) is 0 Å². The van der Waals surface area contributed by atoms with E-state index in [9.17, 15) is 13.2 Å². The molecule has 1 amide bonds. The standard InChI is InChI=1S/C17H24N2O3S/c1-12-7-9-19(10-8-12)17(20)16-11-15(6-3-13(16)2)23(21,22)18-14-4-5-14/h3,6,11-12,14,18H,4-5,7-10H2,1-2H3. The number of hydrogen-bond acceptors (Lipinski definition) is 3. The van der Waals surface area contributed by atoms with Crippen LogP contribution in [-0.4, -0.2) is 38.4 Å². The highest BCUT2D eigenvalue weighted by molar-refractivity contribution is 7.89. The number of benzene rings is 1. The van der Waals surface area contributed by atoms with Crippen LogP contribution in [0.15, 0.2) is 23.1 Å². The Balaban J connectivity index is 1.84. The second kappa shape index (κ2) is 6.24. The molecule has 2 fully saturated rings. The molecule has 1 N–H and O–H groups in total. The molecule has 0 atom stereocenters. The second-order valence-corrected chi connectivity index (χ2v) is 8.56. The van der Waals surface area contributed by atoms with Gasteiger partial charge in [-0.2, -0.15) is 0 Å². The van der Waals surface area contributed by atoms with E-state index in [1.165, 1.54) is 6.07 Å². The SMILES string of the molecule is Cc1ccc(S(=O)(=O)NC2CC2)cc1C(=O)N1CCC(C)CC1. The van der Waals surface area contributed by atoms with Crippen LogP contribution in [0.3, 0.4) is 0 Å². The Morgan fingerprint density at radius 2 is 1.83 bits per heavy atom. The van der Waals surface area contributed by atoms with E-state index in [1.807, 2.05) is 11.8 Å². The number of aryl methyl sites for hydroxylation is 1. The van der Waals surface area contributed by atoms with Gasteiger partial charge in [0.05, 0.1) is 4.90 Å². The summed E-state index contributed by atoms with van der Waals surface area (Å²) in [6.45, 7) is 5.54. The van der Waals surface area contributed by atoms with Crippen molar-refractivity contribution in [3.8, 4) is 0 Å². The molecule has 23 heavy (non-hydrogen) atoms. The van der Waals surface area contributed by atoms with Crippen LogP contribution in [0.4, 0.5) is 0 Å². The Morgan fingerprint density at radius 1 is 1.17 bits per heavy atom. The monoisotopic (exact) mass is 336 g/mol. The molecule has 126 valence electrons. The number of amides is 1. The second-order valence-electron chi connectivity index (χ2n) is 6.85. The molecule has 1 aromatic rings. The summed E-state index contributed by atoms with van der Waals surface area (Å²) in [5, 5.41) is 0. The van der Waals surface area contributed by atoms with Gasteiger partial charge in [0, 0.05) is 24.7 Å². The van der Waals surface area contributed by atoms with E-state index in [-0.39, 0.29) is 16.8 Å². The van der Waals surface area contributed by atoms with Crippen molar-refractivity contribution in [1.29, 1.82) is 0 Å². The molecule has 1 aromatic carbocycles. The third-order valence-electron chi connectivity index (χ3n) is 4.72. The average Bonchev–Trinajstić information content (AvgIpc) is 3.31. The average molecular weight is 336 g/mol. The van der Waals surface area contributed by atoms with Gasteiger partial charge in [-0.05, 0) is 56.2 Å². The Morgan fingerprint density at radius 3 is 2.43 bits per heavy atom. The number of hydrogen-bond donors (Lipinski definition) is 1. The number of piperidine rings is 1. The van der Waals surface area contributed by atoms with Gasteiger partial charge in [0.2, 0.25) is 10.0 Å². The lowest BCUT2D eigenvalue weighted by Gasteiger charge is -2.30. The number of carbonyl (C=O) groups is 1. The topological polar surface area (TPSA) is 66.5 Å². The van der Waals surface area contributed by atoms with Crippen molar-refractivity contribution in [2.45, 2.75) is 50.5 Å². The Kier molecular flexibility index (Phi) is 4.47. The molecule has 6 heteroatoms. The summed E-state index contributed by atoms with van der Waals surface area (Å²) in [5.41, 5.74) is 1.32. The van der Waals surface area contributed by atoms with Gasteiger partial charge < -0.3 is 4.90 Å². The van der Waals surface area contributed by atoms with Crippen LogP contribution in [0, 0.1) is 12.8 Å². The van der Waals surface area contributed by atoms with Crippen LogP contribution in [0.2, 0.25) is 0 Å². The summed E-state index contributed by atoms with van der Waals surface area (Å²) in [7, 11) is -3.53. The number of sulfonamides is 1. The first kappa shape index (κ1) is 16.5. The van der Waals surface area contributed by atoms with Crippen molar-refractivity contribution in [3.05, 3.63) is 29.3 Å². The van der Waals surface area contributed by atoms with Gasteiger partial charge in [-0.1, -0.05) is 13.0 Å². The zero-order valence-electron chi connectivity index (χ0n) is 13.7. The van der Waals surface area contributed by atoms with Gasteiger partial charge in [-0.15, -0.1) is 0 Å². The first-order valence-corrected chi connectivity index (χ1v) is 9.77. The fourth-order valence-electron chi connectivity index (χ4n) is 2.87. The fraction of sp³-hybridized carbons (Fsp3) is 0.588. The third kappa shape index (κ3) is 3.75. The molecule has 0 spiro atoms. The molecule has 0 bridgehead atoms. The molecule has 1 heterocycles. The van der Waals surface area contributed by atoms with Crippen molar-refractivity contribution in [2.75, 3.05) is 13.1 Å². The molecule has 0 radical (unpaired) electrons. The van der Waals surface area contributed by atoms with Crippen molar-refractivity contribution in [2.24, 2.45) is 5.92 Å². The van der Waals surface area contributed by atoms with Gasteiger partial charge in [-0.3, -0.25) is 4.79 Å². The summed E-state index contributed by atoms with van der Waals surface area (Å²) in [6.07, 6.45) is 3.80. The first-order valence-electron chi connectivity index (χ1n) is 8.29. The molecule has 1 saturated carbocycles. The summed E-state index contributed by atoms with van der Waals surface area (Å²) in [4.78, 5) is 14.8. The zero-order chi connectivity index (χ0) is 16.6. The molecule has 2 aliphatic rings. The minimum Gasteiger partial charge on any atom is -0.339 e. The van der Waals surface area contributed by atoms with E-state index < -0.39 is 10.0 Å². The Bertz CT molecular complexity index is 703. The van der Waals surface area contributed by atoms with Crippen LogP contribution in [0.25, 0.3) is 0 Å². The lowest BCUT2D eigenvalue weighted by Crippen LogP contribution is -2.38. The highest BCUT2D eigenvalue weighted by Gasteiger charge is 2.29. The first-order chi connectivity index (χ1) is 10.9. The van der Waals surface area contributed by atoms with Crippen LogP contribution in [0.1, 0.15) is 48.5 Å². The minimum atomic E-state index is -3.53. The highest BCUT2D eigenvalue weighted by Crippen LogP contribution is 2.24. The summed E-state index contributed by atoms with van der Waals surface area (Å²) >= 11 is 0. The van der Waals surface area contributed by atoms with Crippen LogP contribution >= 0.6 is 0 Å². The van der Waals surface area contributed by atoms with Crippen molar-refractivity contribution >= 4 is 15.9 Å².